The number of benzene rings is 1. The number of piperidine rings is 1. The summed E-state index contributed by atoms with van der Waals surface area (Å²) in [6.07, 6.45) is 2.13. The molecule has 0 bridgehead atoms. The number of nitrogens with zero attached hydrogens (tertiary/aromatic N) is 1. The quantitative estimate of drug-likeness (QED) is 0.740. The van der Waals surface area contributed by atoms with Crippen LogP contribution in [0.1, 0.15) is 37.0 Å². The van der Waals surface area contributed by atoms with Crippen molar-refractivity contribution in [2.45, 2.75) is 32.7 Å². The van der Waals surface area contributed by atoms with Gasteiger partial charge in [-0.3, -0.25) is 9.59 Å². The normalized spacial score (nSPS) is 17.8. The van der Waals surface area contributed by atoms with Crippen molar-refractivity contribution in [3.05, 3.63) is 29.8 Å². The number of hydrogen-bond donors (Lipinski definition) is 2. The monoisotopic (exact) mass is 397 g/mol. The summed E-state index contributed by atoms with van der Waals surface area (Å²) in [6.45, 7) is 6.32. The van der Waals surface area contributed by atoms with Gasteiger partial charge in [0.2, 0.25) is 5.91 Å². The summed E-state index contributed by atoms with van der Waals surface area (Å²) < 4.78 is 5.26. The molecule has 2 atom stereocenters. The lowest BCUT2D eigenvalue weighted by Crippen LogP contribution is -2.54. The molecule has 152 valence electrons. The average molecular weight is 398 g/mol. The second kappa shape index (κ2) is 11.1. The van der Waals surface area contributed by atoms with Crippen molar-refractivity contribution in [2.24, 2.45) is 11.8 Å². The number of ether oxygens (including phenoxy) is 1. The number of methoxy groups -OCH3 is 1. The number of likely N-dealkylation sites (tertiary alicyclic amines) is 1. The van der Waals surface area contributed by atoms with Crippen LogP contribution in [0.5, 0.6) is 5.75 Å². The molecule has 0 saturated carbocycles. The molecule has 6 nitrogen and oxygen atoms in total. The number of carbonyl (C=O) groups is 2. The Labute approximate surface area is 168 Å². The number of halogens is 1. The molecule has 1 aliphatic rings. The van der Waals surface area contributed by atoms with E-state index in [0.29, 0.717) is 17.2 Å². The first kappa shape index (κ1) is 23.2. The Morgan fingerprint density at radius 1 is 1.30 bits per heavy atom. The van der Waals surface area contributed by atoms with Crippen LogP contribution in [0.4, 0.5) is 0 Å². The third-order valence-corrected chi connectivity index (χ3v) is 4.89. The lowest BCUT2D eigenvalue weighted by Gasteiger charge is -2.36. The fraction of sp³-hybridized carbons (Fsp3) is 0.600. The van der Waals surface area contributed by atoms with Crippen molar-refractivity contribution in [1.29, 1.82) is 0 Å². The highest BCUT2D eigenvalue weighted by molar-refractivity contribution is 5.99. The SMILES string of the molecule is CNCC1CCCN(C(=O)C(NC(=O)c2ccccc2OC)C(C)C)C1.Cl. The van der Waals surface area contributed by atoms with Crippen molar-refractivity contribution >= 4 is 24.2 Å². The topological polar surface area (TPSA) is 70.7 Å². The summed E-state index contributed by atoms with van der Waals surface area (Å²) in [7, 11) is 3.47. The fourth-order valence-electron chi connectivity index (χ4n) is 3.48. The second-order valence-electron chi connectivity index (χ2n) is 7.25. The van der Waals surface area contributed by atoms with Crippen LogP contribution < -0.4 is 15.4 Å². The van der Waals surface area contributed by atoms with E-state index in [2.05, 4.69) is 10.6 Å². The zero-order valence-electron chi connectivity index (χ0n) is 16.7. The Kier molecular flexibility index (Phi) is 9.60. The molecule has 1 fully saturated rings. The lowest BCUT2D eigenvalue weighted by atomic mass is 9.95. The number of para-hydroxylation sites is 1. The maximum absolute atomic E-state index is 13.1. The molecular weight excluding hydrogens is 366 g/mol. The molecule has 1 aliphatic heterocycles. The first-order valence-electron chi connectivity index (χ1n) is 9.35. The molecule has 2 amide bonds. The van der Waals surface area contributed by atoms with Gasteiger partial charge in [-0.05, 0) is 50.4 Å². The summed E-state index contributed by atoms with van der Waals surface area (Å²) >= 11 is 0. The van der Waals surface area contributed by atoms with Gasteiger partial charge < -0.3 is 20.3 Å². The Morgan fingerprint density at radius 2 is 2.00 bits per heavy atom. The van der Waals surface area contributed by atoms with E-state index >= 15 is 0 Å². The van der Waals surface area contributed by atoms with Crippen LogP contribution in [-0.2, 0) is 4.79 Å². The largest absolute Gasteiger partial charge is 0.496 e. The molecule has 27 heavy (non-hydrogen) atoms. The summed E-state index contributed by atoms with van der Waals surface area (Å²) in [6, 6.07) is 6.52. The molecule has 7 heteroatoms. The van der Waals surface area contributed by atoms with Crippen LogP contribution in [0, 0.1) is 11.8 Å². The third-order valence-electron chi connectivity index (χ3n) is 4.89. The predicted molar refractivity (Wildman–Crippen MR) is 110 cm³/mol. The van der Waals surface area contributed by atoms with Crippen LogP contribution in [0.15, 0.2) is 24.3 Å². The molecule has 2 N–H and O–H groups in total. The van der Waals surface area contributed by atoms with Crippen molar-refractivity contribution < 1.29 is 14.3 Å². The Balaban J connectivity index is 0.00000364. The standard InChI is InChI=1S/C20H31N3O3.ClH/c1-14(2)18(20(25)23-11-7-8-15(13-23)12-21-3)22-19(24)16-9-5-6-10-17(16)26-4;/h5-6,9-10,14-15,18,21H,7-8,11-13H2,1-4H3,(H,22,24);1H. The number of amides is 2. The van der Waals surface area contributed by atoms with E-state index in [9.17, 15) is 9.59 Å². The van der Waals surface area contributed by atoms with Gasteiger partial charge in [0, 0.05) is 13.1 Å². The van der Waals surface area contributed by atoms with Crippen LogP contribution in [0.3, 0.4) is 0 Å². The van der Waals surface area contributed by atoms with Gasteiger partial charge in [-0.2, -0.15) is 0 Å². The minimum atomic E-state index is -0.541. The van der Waals surface area contributed by atoms with Crippen molar-refractivity contribution in [2.75, 3.05) is 33.8 Å². The minimum Gasteiger partial charge on any atom is -0.496 e. The van der Waals surface area contributed by atoms with Gasteiger partial charge in [-0.1, -0.05) is 26.0 Å². The highest BCUT2D eigenvalue weighted by Gasteiger charge is 2.32. The average Bonchev–Trinajstić information content (AvgIpc) is 2.65. The van der Waals surface area contributed by atoms with Gasteiger partial charge in [0.15, 0.2) is 0 Å². The maximum atomic E-state index is 13.1. The smallest absolute Gasteiger partial charge is 0.255 e. The van der Waals surface area contributed by atoms with Gasteiger partial charge in [0.05, 0.1) is 12.7 Å². The van der Waals surface area contributed by atoms with E-state index in [0.717, 1.165) is 32.5 Å². The summed E-state index contributed by atoms with van der Waals surface area (Å²) in [5.74, 6) is 0.704. The highest BCUT2D eigenvalue weighted by Crippen LogP contribution is 2.20. The zero-order chi connectivity index (χ0) is 19.1. The molecule has 2 unspecified atom stereocenters. The number of nitrogens with one attached hydrogen (secondary N) is 2. The van der Waals surface area contributed by atoms with Gasteiger partial charge in [-0.15, -0.1) is 12.4 Å². The summed E-state index contributed by atoms with van der Waals surface area (Å²) in [5.41, 5.74) is 0.445. The highest BCUT2D eigenvalue weighted by atomic mass is 35.5. The molecule has 1 aromatic carbocycles. The molecule has 1 saturated heterocycles. The minimum absolute atomic E-state index is 0. The Morgan fingerprint density at radius 3 is 2.63 bits per heavy atom. The Bertz CT molecular complexity index is 622. The van der Waals surface area contributed by atoms with Gasteiger partial charge >= 0.3 is 0 Å². The van der Waals surface area contributed by atoms with E-state index < -0.39 is 6.04 Å². The van der Waals surface area contributed by atoms with Gasteiger partial charge in [0.25, 0.3) is 5.91 Å². The molecule has 2 rings (SSSR count). The molecule has 0 spiro atoms. The van der Waals surface area contributed by atoms with E-state index in [1.54, 1.807) is 18.2 Å². The zero-order valence-corrected chi connectivity index (χ0v) is 17.5. The fourth-order valence-corrected chi connectivity index (χ4v) is 3.48. The van der Waals surface area contributed by atoms with Crippen LogP contribution in [0.25, 0.3) is 0 Å². The maximum Gasteiger partial charge on any atom is 0.255 e. The van der Waals surface area contributed by atoms with E-state index in [4.69, 9.17) is 4.74 Å². The molecule has 0 radical (unpaired) electrons. The number of rotatable bonds is 7. The van der Waals surface area contributed by atoms with Crippen LogP contribution in [0.2, 0.25) is 0 Å². The first-order chi connectivity index (χ1) is 12.5. The second-order valence-corrected chi connectivity index (χ2v) is 7.25. The van der Waals surface area contributed by atoms with Crippen molar-refractivity contribution in [3.8, 4) is 5.75 Å². The lowest BCUT2D eigenvalue weighted by molar-refractivity contribution is -0.136. The first-order valence-corrected chi connectivity index (χ1v) is 9.35. The van der Waals surface area contributed by atoms with Gasteiger partial charge in [-0.25, -0.2) is 0 Å². The molecule has 0 aromatic heterocycles. The molecule has 1 heterocycles. The van der Waals surface area contributed by atoms with E-state index in [1.165, 1.54) is 7.11 Å². The third kappa shape index (κ3) is 6.11. The van der Waals surface area contributed by atoms with Crippen LogP contribution in [-0.4, -0.2) is 56.5 Å². The number of carbonyl (C=O) groups excluding carboxylic acids is 2. The predicted octanol–water partition coefficient (Wildman–Crippen LogP) is 2.33. The Hall–Kier alpha value is -1.79. The summed E-state index contributed by atoms with van der Waals surface area (Å²) in [5, 5.41) is 6.12. The van der Waals surface area contributed by atoms with Gasteiger partial charge in [0.1, 0.15) is 11.8 Å². The van der Waals surface area contributed by atoms with Crippen molar-refractivity contribution in [3.63, 3.8) is 0 Å². The van der Waals surface area contributed by atoms with Crippen molar-refractivity contribution in [1.82, 2.24) is 15.5 Å². The molecule has 0 aliphatic carbocycles. The molecular formula is C20H32ClN3O3. The van der Waals surface area contributed by atoms with E-state index in [-0.39, 0.29) is 30.1 Å². The van der Waals surface area contributed by atoms with Crippen LogP contribution >= 0.6 is 12.4 Å². The molecule has 1 aromatic rings. The summed E-state index contributed by atoms with van der Waals surface area (Å²) in [4.78, 5) is 27.7. The number of hydrogen-bond acceptors (Lipinski definition) is 4. The van der Waals surface area contributed by atoms with E-state index in [1.807, 2.05) is 31.9 Å².